The molecule has 2 aromatic carbocycles. The van der Waals surface area contributed by atoms with E-state index in [0.29, 0.717) is 6.42 Å². The van der Waals surface area contributed by atoms with Gasteiger partial charge in [0.1, 0.15) is 11.6 Å². The van der Waals surface area contributed by atoms with Crippen molar-refractivity contribution in [1.29, 1.82) is 0 Å². The molecule has 2 heterocycles. The van der Waals surface area contributed by atoms with Crippen LogP contribution in [0.4, 0.5) is 4.39 Å². The van der Waals surface area contributed by atoms with Crippen LogP contribution < -0.4 is 5.73 Å². The zero-order chi connectivity index (χ0) is 16.7. The number of aryl methyl sites for hydroxylation is 1. The van der Waals surface area contributed by atoms with Gasteiger partial charge in [-0.3, -0.25) is 4.79 Å². The number of nitrogens with one attached hydrogen (secondary N) is 2. The molecule has 120 valence electrons. The number of aromatic nitrogens is 3. The van der Waals surface area contributed by atoms with Gasteiger partial charge >= 0.3 is 0 Å². The zero-order valence-corrected chi connectivity index (χ0v) is 12.8. The van der Waals surface area contributed by atoms with E-state index < -0.39 is 0 Å². The number of halogens is 1. The summed E-state index contributed by atoms with van der Waals surface area (Å²) in [6, 6.07) is 10.6. The minimum absolute atomic E-state index is 0.265. The maximum absolute atomic E-state index is 13.3. The van der Waals surface area contributed by atoms with Crippen LogP contribution in [0.15, 0.2) is 42.6 Å². The maximum Gasteiger partial charge on any atom is 0.217 e. The number of hydrogen-bond donors (Lipinski definition) is 3. The van der Waals surface area contributed by atoms with E-state index in [0.717, 1.165) is 38.9 Å². The Morgan fingerprint density at radius 1 is 1.17 bits per heavy atom. The fourth-order valence-electron chi connectivity index (χ4n) is 2.92. The lowest BCUT2D eigenvalue weighted by molar-refractivity contribution is -0.118. The fourth-order valence-corrected chi connectivity index (χ4v) is 2.92. The zero-order valence-electron chi connectivity index (χ0n) is 12.8. The van der Waals surface area contributed by atoms with Crippen molar-refractivity contribution < 1.29 is 9.18 Å². The molecular weight excluding hydrogens is 307 g/mol. The summed E-state index contributed by atoms with van der Waals surface area (Å²) in [5, 5.41) is 0.959. The van der Waals surface area contributed by atoms with Crippen molar-refractivity contribution in [2.24, 2.45) is 5.73 Å². The van der Waals surface area contributed by atoms with Gasteiger partial charge in [-0.25, -0.2) is 9.37 Å². The average Bonchev–Trinajstić information content (AvgIpc) is 3.14. The second kappa shape index (κ2) is 5.49. The Balaban J connectivity index is 1.74. The number of rotatable bonds is 4. The predicted molar refractivity (Wildman–Crippen MR) is 90.9 cm³/mol. The number of primary amides is 1. The molecule has 0 aliphatic rings. The van der Waals surface area contributed by atoms with Crippen LogP contribution in [-0.4, -0.2) is 20.9 Å². The summed E-state index contributed by atoms with van der Waals surface area (Å²) in [7, 11) is 0. The first-order valence-corrected chi connectivity index (χ1v) is 7.64. The molecule has 0 aliphatic heterocycles. The lowest BCUT2D eigenvalue weighted by Crippen LogP contribution is -2.11. The van der Waals surface area contributed by atoms with Crippen molar-refractivity contribution in [2.45, 2.75) is 12.8 Å². The molecule has 4 aromatic rings. The maximum atomic E-state index is 13.3. The number of nitrogens with zero attached hydrogens (tertiary/aromatic N) is 1. The number of fused-ring (bicyclic) bond motifs is 2. The molecule has 2 aromatic heterocycles. The van der Waals surface area contributed by atoms with Crippen molar-refractivity contribution in [3.05, 3.63) is 54.2 Å². The van der Waals surface area contributed by atoms with Gasteiger partial charge in [0, 0.05) is 35.5 Å². The van der Waals surface area contributed by atoms with Crippen LogP contribution in [0.1, 0.15) is 12.2 Å². The summed E-state index contributed by atoms with van der Waals surface area (Å²) in [6.45, 7) is 0. The predicted octanol–water partition coefficient (Wildman–Crippen LogP) is 3.27. The van der Waals surface area contributed by atoms with Crippen LogP contribution in [0.5, 0.6) is 0 Å². The molecule has 1 amide bonds. The van der Waals surface area contributed by atoms with Crippen LogP contribution in [0.3, 0.4) is 0 Å². The summed E-state index contributed by atoms with van der Waals surface area (Å²) >= 11 is 0. The van der Waals surface area contributed by atoms with Gasteiger partial charge in [0.25, 0.3) is 0 Å². The molecular formula is C18H15FN4O. The number of H-pyrrole nitrogens is 2. The number of nitrogens with two attached hydrogens (primary N) is 1. The van der Waals surface area contributed by atoms with Gasteiger partial charge in [-0.2, -0.15) is 0 Å². The van der Waals surface area contributed by atoms with Gasteiger partial charge < -0.3 is 15.7 Å². The molecule has 0 bridgehead atoms. The molecule has 0 fully saturated rings. The van der Waals surface area contributed by atoms with E-state index in [2.05, 4.69) is 15.0 Å². The molecule has 0 aliphatic carbocycles. The number of carbonyl (C=O) groups is 1. The van der Waals surface area contributed by atoms with E-state index in [9.17, 15) is 9.18 Å². The molecule has 0 spiro atoms. The highest BCUT2D eigenvalue weighted by atomic mass is 19.1. The number of hydrogen-bond acceptors (Lipinski definition) is 2. The van der Waals surface area contributed by atoms with Gasteiger partial charge in [0.2, 0.25) is 5.91 Å². The molecule has 4 rings (SSSR count). The normalized spacial score (nSPS) is 11.4. The van der Waals surface area contributed by atoms with E-state index in [1.807, 2.05) is 24.4 Å². The van der Waals surface area contributed by atoms with Crippen molar-refractivity contribution in [2.75, 3.05) is 0 Å². The SMILES string of the molecule is NC(=O)CCc1nc2cc(-c3c[nH]c4cc(F)ccc34)ccc2[nH]1. The third kappa shape index (κ3) is 2.52. The lowest BCUT2D eigenvalue weighted by atomic mass is 10.0. The highest BCUT2D eigenvalue weighted by molar-refractivity contribution is 5.97. The highest BCUT2D eigenvalue weighted by Crippen LogP contribution is 2.30. The molecule has 5 nitrogen and oxygen atoms in total. The van der Waals surface area contributed by atoms with E-state index in [1.165, 1.54) is 12.1 Å². The number of carbonyl (C=O) groups excluding carboxylic acids is 1. The number of amides is 1. The Bertz CT molecular complexity index is 1060. The second-order valence-electron chi connectivity index (χ2n) is 5.77. The van der Waals surface area contributed by atoms with Crippen LogP contribution in [0.2, 0.25) is 0 Å². The first-order chi connectivity index (χ1) is 11.6. The van der Waals surface area contributed by atoms with Crippen LogP contribution >= 0.6 is 0 Å². The van der Waals surface area contributed by atoms with Gasteiger partial charge in [-0.1, -0.05) is 6.07 Å². The third-order valence-corrected chi connectivity index (χ3v) is 4.10. The Morgan fingerprint density at radius 2 is 2.04 bits per heavy atom. The Hall–Kier alpha value is -3.15. The van der Waals surface area contributed by atoms with E-state index in [1.54, 1.807) is 6.07 Å². The molecule has 0 saturated carbocycles. The van der Waals surface area contributed by atoms with Crippen molar-refractivity contribution in [1.82, 2.24) is 15.0 Å². The monoisotopic (exact) mass is 322 g/mol. The van der Waals surface area contributed by atoms with E-state index in [4.69, 9.17) is 5.73 Å². The average molecular weight is 322 g/mol. The number of imidazole rings is 1. The molecule has 6 heteroatoms. The van der Waals surface area contributed by atoms with Gasteiger partial charge in [-0.15, -0.1) is 0 Å². The first kappa shape index (κ1) is 14.4. The largest absolute Gasteiger partial charge is 0.370 e. The highest BCUT2D eigenvalue weighted by Gasteiger charge is 2.10. The van der Waals surface area contributed by atoms with Crippen LogP contribution in [0.25, 0.3) is 33.1 Å². The van der Waals surface area contributed by atoms with E-state index >= 15 is 0 Å². The summed E-state index contributed by atoms with van der Waals surface area (Å²) in [6.07, 6.45) is 2.62. The molecule has 0 radical (unpaired) electrons. The topological polar surface area (TPSA) is 87.6 Å². The quantitative estimate of drug-likeness (QED) is 0.538. The van der Waals surface area contributed by atoms with Gasteiger partial charge in [-0.05, 0) is 35.9 Å². The number of aromatic amines is 2. The standard InChI is InChI=1S/C18H15FN4O/c19-11-2-3-12-13(9-21-15(12)8-11)10-1-4-14-16(7-10)23-18(22-14)6-5-17(20)24/h1-4,7-9,21H,5-6H2,(H2,20,24)(H,22,23). The molecule has 24 heavy (non-hydrogen) atoms. The van der Waals surface area contributed by atoms with Crippen molar-refractivity contribution >= 4 is 27.8 Å². The number of benzene rings is 2. The smallest absolute Gasteiger partial charge is 0.217 e. The fraction of sp³-hybridized carbons (Fsp3) is 0.111. The Labute approximate surface area is 136 Å². The van der Waals surface area contributed by atoms with Gasteiger partial charge in [0.15, 0.2) is 0 Å². The minimum Gasteiger partial charge on any atom is -0.370 e. The van der Waals surface area contributed by atoms with E-state index in [-0.39, 0.29) is 18.1 Å². The lowest BCUT2D eigenvalue weighted by Gasteiger charge is -2.00. The second-order valence-corrected chi connectivity index (χ2v) is 5.77. The van der Waals surface area contributed by atoms with Crippen molar-refractivity contribution in [3.8, 4) is 11.1 Å². The summed E-state index contributed by atoms with van der Waals surface area (Å²) in [4.78, 5) is 21.7. The summed E-state index contributed by atoms with van der Waals surface area (Å²) in [5.41, 5.74) is 9.65. The summed E-state index contributed by atoms with van der Waals surface area (Å²) in [5.74, 6) is 0.127. The molecule has 0 unspecified atom stereocenters. The van der Waals surface area contributed by atoms with Gasteiger partial charge in [0.05, 0.1) is 11.0 Å². The Morgan fingerprint density at radius 3 is 2.88 bits per heavy atom. The Kier molecular flexibility index (Phi) is 3.30. The summed E-state index contributed by atoms with van der Waals surface area (Å²) < 4.78 is 13.3. The molecule has 4 N–H and O–H groups in total. The molecule has 0 saturated heterocycles. The minimum atomic E-state index is -0.345. The first-order valence-electron chi connectivity index (χ1n) is 7.64. The van der Waals surface area contributed by atoms with Crippen LogP contribution in [-0.2, 0) is 11.2 Å². The van der Waals surface area contributed by atoms with Crippen molar-refractivity contribution in [3.63, 3.8) is 0 Å². The third-order valence-electron chi connectivity index (χ3n) is 4.10. The molecule has 0 atom stereocenters. The van der Waals surface area contributed by atoms with Crippen LogP contribution in [0, 0.1) is 5.82 Å².